The van der Waals surface area contributed by atoms with Crippen LogP contribution >= 0.6 is 11.3 Å². The molecule has 3 aromatic rings. The van der Waals surface area contributed by atoms with E-state index in [4.69, 9.17) is 4.74 Å². The smallest absolute Gasteiger partial charge is 0.431 e. The van der Waals surface area contributed by atoms with Gasteiger partial charge in [0, 0.05) is 17.0 Å². The fraction of sp³-hybridized carbons (Fsp3) is 0.150. The number of hydrogen-bond donors (Lipinski definition) is 2. The number of nitrogens with zero attached hydrogens (tertiary/aromatic N) is 1. The van der Waals surface area contributed by atoms with E-state index in [2.05, 4.69) is 26.3 Å². The highest BCUT2D eigenvalue weighted by molar-refractivity contribution is 7.92. The van der Waals surface area contributed by atoms with E-state index in [9.17, 15) is 31.2 Å². The topological polar surface area (TPSA) is 127 Å². The minimum atomic E-state index is -4.76. The van der Waals surface area contributed by atoms with Crippen LogP contribution in [0.25, 0.3) is 0 Å². The monoisotopic (exact) mass is 513 g/mol. The second-order valence-corrected chi connectivity index (χ2v) is 8.89. The number of hydrogen-bond acceptors (Lipinski definition) is 8. The highest BCUT2D eigenvalue weighted by atomic mass is 32.2. The third-order valence-corrected chi connectivity index (χ3v) is 6.24. The predicted molar refractivity (Wildman–Crippen MR) is 115 cm³/mol. The molecule has 0 spiro atoms. The lowest BCUT2D eigenvalue weighted by Crippen LogP contribution is -2.16. The summed E-state index contributed by atoms with van der Waals surface area (Å²) in [5.41, 5.74) is -2.30. The van der Waals surface area contributed by atoms with Gasteiger partial charge in [0.05, 0.1) is 25.5 Å². The largest absolute Gasteiger partial charge is 0.495 e. The van der Waals surface area contributed by atoms with Crippen LogP contribution in [-0.4, -0.2) is 38.6 Å². The average Bonchev–Trinajstić information content (AvgIpc) is 3.26. The summed E-state index contributed by atoms with van der Waals surface area (Å²) in [5, 5.41) is 0.769. The number of halogens is 3. The van der Waals surface area contributed by atoms with Gasteiger partial charge in [-0.1, -0.05) is 5.92 Å². The van der Waals surface area contributed by atoms with Crippen molar-refractivity contribution in [3.63, 3.8) is 0 Å². The number of sulfonamides is 1. The molecular formula is C20H14F3N3O6S2. The van der Waals surface area contributed by atoms with Crippen LogP contribution in [-0.2, 0) is 20.9 Å². The third-order valence-electron chi connectivity index (χ3n) is 4.09. The molecule has 2 aromatic heterocycles. The summed E-state index contributed by atoms with van der Waals surface area (Å²) in [4.78, 5) is 28.6. The number of methoxy groups -OCH3 is 2. The Morgan fingerprint density at radius 2 is 1.91 bits per heavy atom. The van der Waals surface area contributed by atoms with Crippen LogP contribution in [0.15, 0.2) is 45.5 Å². The average molecular weight is 513 g/mol. The first kappa shape index (κ1) is 24.8. The molecule has 3 rings (SSSR count). The lowest BCUT2D eigenvalue weighted by molar-refractivity contribution is -0.141. The molecule has 0 aliphatic rings. The van der Waals surface area contributed by atoms with Gasteiger partial charge in [-0.25, -0.2) is 9.78 Å². The number of esters is 1. The number of ether oxygens (including phenoxy) is 2. The summed E-state index contributed by atoms with van der Waals surface area (Å²) in [6.45, 7) is 0. The highest BCUT2D eigenvalue weighted by Crippen LogP contribution is 2.29. The summed E-state index contributed by atoms with van der Waals surface area (Å²) >= 11 is 0.835. The molecule has 0 aliphatic heterocycles. The summed E-state index contributed by atoms with van der Waals surface area (Å²) < 4.78 is 75.9. The second-order valence-electron chi connectivity index (χ2n) is 6.40. The number of thiazole rings is 1. The zero-order valence-corrected chi connectivity index (χ0v) is 18.9. The number of rotatable bonds is 5. The van der Waals surface area contributed by atoms with Crippen molar-refractivity contribution < 1.29 is 35.9 Å². The van der Waals surface area contributed by atoms with Crippen LogP contribution < -0.4 is 15.0 Å². The van der Waals surface area contributed by atoms with Crippen molar-refractivity contribution in [2.24, 2.45) is 0 Å². The first-order valence-corrected chi connectivity index (χ1v) is 11.4. The van der Waals surface area contributed by atoms with Gasteiger partial charge in [0.15, 0.2) is 10.0 Å². The number of H-pyrrole nitrogens is 1. The van der Waals surface area contributed by atoms with Crippen LogP contribution in [0.5, 0.6) is 5.75 Å². The maximum Gasteiger partial charge on any atom is 0.431 e. The van der Waals surface area contributed by atoms with Crippen molar-refractivity contribution in [1.82, 2.24) is 9.97 Å². The summed E-state index contributed by atoms with van der Waals surface area (Å²) in [6.07, 6.45) is -4.76. The van der Waals surface area contributed by atoms with Crippen LogP contribution in [0.4, 0.5) is 18.9 Å². The van der Waals surface area contributed by atoms with Crippen molar-refractivity contribution in [1.29, 1.82) is 0 Å². The number of pyridine rings is 1. The molecule has 14 heteroatoms. The van der Waals surface area contributed by atoms with E-state index in [1.165, 1.54) is 37.8 Å². The lowest BCUT2D eigenvalue weighted by atomic mass is 10.2. The van der Waals surface area contributed by atoms with E-state index < -0.39 is 38.4 Å². The molecule has 0 radical (unpaired) electrons. The Labute approximate surface area is 194 Å². The quantitative estimate of drug-likeness (QED) is 0.397. The molecule has 0 saturated carbocycles. The maximum absolute atomic E-state index is 12.8. The Kier molecular flexibility index (Phi) is 6.99. The Morgan fingerprint density at radius 3 is 2.56 bits per heavy atom. The molecule has 0 amide bonds. The summed E-state index contributed by atoms with van der Waals surface area (Å²) in [6, 6.07) is 5.46. The molecule has 0 fully saturated rings. The number of benzene rings is 1. The number of aromatic nitrogens is 2. The van der Waals surface area contributed by atoms with Crippen LogP contribution in [0.2, 0.25) is 0 Å². The number of carbonyl (C=O) groups is 1. The summed E-state index contributed by atoms with van der Waals surface area (Å²) in [5.74, 6) is 4.22. The summed E-state index contributed by atoms with van der Waals surface area (Å²) in [7, 11) is -1.72. The van der Waals surface area contributed by atoms with Crippen molar-refractivity contribution >= 4 is 33.0 Å². The fourth-order valence-corrected chi connectivity index (χ4v) is 4.56. The normalized spacial score (nSPS) is 11.3. The van der Waals surface area contributed by atoms with Gasteiger partial charge in [-0.15, -0.1) is 11.3 Å². The number of anilines is 1. The predicted octanol–water partition coefficient (Wildman–Crippen LogP) is 2.85. The molecule has 0 bridgehead atoms. The van der Waals surface area contributed by atoms with Gasteiger partial charge in [-0.2, -0.15) is 21.6 Å². The van der Waals surface area contributed by atoms with Crippen molar-refractivity contribution in [2.75, 3.05) is 18.9 Å². The second kappa shape index (κ2) is 9.57. The Bertz CT molecular complexity index is 1470. The Morgan fingerprint density at radius 1 is 1.18 bits per heavy atom. The zero-order valence-electron chi connectivity index (χ0n) is 17.3. The van der Waals surface area contributed by atoms with Crippen LogP contribution in [0, 0.1) is 11.8 Å². The molecule has 1 aromatic carbocycles. The molecule has 0 unspecified atom stereocenters. The van der Waals surface area contributed by atoms with E-state index in [0.717, 1.165) is 17.4 Å². The molecular weight excluding hydrogens is 499 g/mol. The minimum Gasteiger partial charge on any atom is -0.495 e. The minimum absolute atomic E-state index is 0.0118. The van der Waals surface area contributed by atoms with E-state index in [-0.39, 0.29) is 27.6 Å². The number of carbonyl (C=O) groups excluding carboxylic acids is 1. The third kappa shape index (κ3) is 5.74. The van der Waals surface area contributed by atoms with Crippen LogP contribution in [0.3, 0.4) is 0 Å². The van der Waals surface area contributed by atoms with E-state index in [1.54, 1.807) is 4.98 Å². The van der Waals surface area contributed by atoms with Crippen LogP contribution in [0.1, 0.15) is 26.6 Å². The van der Waals surface area contributed by atoms with Gasteiger partial charge in [-0.05, 0) is 30.2 Å². The number of aromatic amines is 1. The standard InChI is InChI=1S/C20H14F3N3O6S2/c1-31-14-9-12(19(28)32-2)4-5-13(14)26-34(29,30)18-10-33-17(25-18)6-3-11-7-15(20(21,22)23)24-16(27)8-11/h4-5,7-10,26H,1-2H3,(H,24,27). The Hall–Kier alpha value is -3.83. The van der Waals surface area contributed by atoms with E-state index in [0.29, 0.717) is 6.07 Å². The molecule has 0 atom stereocenters. The zero-order chi connectivity index (χ0) is 25.1. The van der Waals surface area contributed by atoms with E-state index >= 15 is 0 Å². The first-order valence-electron chi connectivity index (χ1n) is 9.01. The number of alkyl halides is 3. The fourth-order valence-electron chi connectivity index (χ4n) is 2.55. The van der Waals surface area contributed by atoms with Gasteiger partial charge in [-0.3, -0.25) is 9.52 Å². The van der Waals surface area contributed by atoms with Crippen molar-refractivity contribution in [2.45, 2.75) is 11.2 Å². The molecule has 2 N–H and O–H groups in total. The SMILES string of the molecule is COC(=O)c1ccc(NS(=O)(=O)c2csc(C#Cc3cc(C(F)(F)F)[nH]c(=O)c3)n2)c(OC)c1. The molecule has 9 nitrogen and oxygen atoms in total. The molecule has 2 heterocycles. The highest BCUT2D eigenvalue weighted by Gasteiger charge is 2.32. The maximum atomic E-state index is 12.8. The molecule has 0 aliphatic carbocycles. The first-order chi connectivity index (χ1) is 15.9. The van der Waals surface area contributed by atoms with Crippen molar-refractivity contribution in [3.05, 3.63) is 67.9 Å². The van der Waals surface area contributed by atoms with Gasteiger partial charge >= 0.3 is 12.1 Å². The van der Waals surface area contributed by atoms with Gasteiger partial charge in [0.2, 0.25) is 5.56 Å². The number of nitrogens with one attached hydrogen (secondary N) is 2. The van der Waals surface area contributed by atoms with Crippen molar-refractivity contribution in [3.8, 4) is 17.6 Å². The van der Waals surface area contributed by atoms with E-state index in [1.807, 2.05) is 0 Å². The molecule has 178 valence electrons. The lowest BCUT2D eigenvalue weighted by Gasteiger charge is -2.11. The van der Waals surface area contributed by atoms with Gasteiger partial charge in [0.25, 0.3) is 10.0 Å². The van der Waals surface area contributed by atoms with Gasteiger partial charge < -0.3 is 14.5 Å². The molecule has 34 heavy (non-hydrogen) atoms. The Balaban J connectivity index is 1.85. The molecule has 0 saturated heterocycles. The van der Waals surface area contributed by atoms with Gasteiger partial charge in [0.1, 0.15) is 11.4 Å².